The molecule has 1 amide bonds. The maximum Gasteiger partial charge on any atom is 0.488 e. The van der Waals surface area contributed by atoms with Gasteiger partial charge in [-0.1, -0.05) is 23.7 Å². The topological polar surface area (TPSA) is 82.5 Å². The molecule has 0 atom stereocenters. The van der Waals surface area contributed by atoms with E-state index in [4.69, 9.17) is 21.6 Å². The molecule has 0 saturated carbocycles. The molecule has 19 heavy (non-hydrogen) atoms. The minimum atomic E-state index is -1.55. The minimum absolute atomic E-state index is 0.321. The number of anilines is 1. The molecule has 0 unspecified atom stereocenters. The van der Waals surface area contributed by atoms with Crippen molar-refractivity contribution in [2.24, 2.45) is 0 Å². The van der Waals surface area contributed by atoms with Crippen LogP contribution in [0.25, 0.3) is 0 Å². The number of pyridine rings is 1. The Bertz CT molecular complexity index is 573. The molecule has 5 nitrogen and oxygen atoms in total. The number of nitrogens with one attached hydrogen (secondary N) is 1. The lowest BCUT2D eigenvalue weighted by Gasteiger charge is -2.05. The third-order valence-corrected chi connectivity index (χ3v) is 2.66. The molecular formula is C12H10BClN2O3. The summed E-state index contributed by atoms with van der Waals surface area (Å²) in [6.07, 6.45) is 1.43. The number of amides is 1. The number of halogens is 1. The van der Waals surface area contributed by atoms with Crippen molar-refractivity contribution in [2.45, 2.75) is 0 Å². The smallest absolute Gasteiger partial charge is 0.423 e. The minimum Gasteiger partial charge on any atom is -0.423 e. The lowest BCUT2D eigenvalue weighted by molar-refractivity contribution is 0.102. The molecule has 1 aromatic carbocycles. The predicted molar refractivity (Wildman–Crippen MR) is 73.5 cm³/mol. The summed E-state index contributed by atoms with van der Waals surface area (Å²) < 4.78 is 0. The van der Waals surface area contributed by atoms with Gasteiger partial charge in [0.05, 0.1) is 5.02 Å². The zero-order valence-electron chi connectivity index (χ0n) is 9.75. The lowest BCUT2D eigenvalue weighted by atomic mass is 9.80. The van der Waals surface area contributed by atoms with Crippen molar-refractivity contribution >= 4 is 35.9 Å². The van der Waals surface area contributed by atoms with Gasteiger partial charge in [-0.25, -0.2) is 4.98 Å². The highest BCUT2D eigenvalue weighted by Gasteiger charge is 2.12. The zero-order chi connectivity index (χ0) is 13.8. The van der Waals surface area contributed by atoms with Crippen LogP contribution < -0.4 is 10.8 Å². The normalized spacial score (nSPS) is 10.1. The van der Waals surface area contributed by atoms with Gasteiger partial charge in [0.1, 0.15) is 5.82 Å². The third kappa shape index (κ3) is 3.54. The van der Waals surface area contributed by atoms with Crippen molar-refractivity contribution in [1.29, 1.82) is 0 Å². The molecule has 2 rings (SSSR count). The fourth-order valence-corrected chi connectivity index (χ4v) is 1.56. The Kier molecular flexibility index (Phi) is 4.16. The van der Waals surface area contributed by atoms with Crippen molar-refractivity contribution in [2.75, 3.05) is 5.32 Å². The van der Waals surface area contributed by atoms with E-state index in [0.717, 1.165) is 0 Å². The molecule has 0 saturated heterocycles. The number of hydrogen-bond donors (Lipinski definition) is 3. The average molecular weight is 276 g/mol. The summed E-state index contributed by atoms with van der Waals surface area (Å²) in [6, 6.07) is 9.14. The van der Waals surface area contributed by atoms with Crippen LogP contribution >= 0.6 is 11.6 Å². The van der Waals surface area contributed by atoms with Gasteiger partial charge >= 0.3 is 7.12 Å². The maximum atomic E-state index is 11.9. The molecular weight excluding hydrogens is 266 g/mol. The fourth-order valence-electron chi connectivity index (χ4n) is 1.44. The Labute approximate surface area is 115 Å². The van der Waals surface area contributed by atoms with Crippen molar-refractivity contribution in [1.82, 2.24) is 4.98 Å². The Hall–Kier alpha value is -1.89. The highest BCUT2D eigenvalue weighted by atomic mass is 35.5. The largest absolute Gasteiger partial charge is 0.488 e. The molecule has 1 aromatic heterocycles. The average Bonchev–Trinajstić information content (AvgIpc) is 2.41. The molecule has 0 fully saturated rings. The van der Waals surface area contributed by atoms with E-state index >= 15 is 0 Å². The predicted octanol–water partition coefficient (Wildman–Crippen LogP) is 0.667. The van der Waals surface area contributed by atoms with Crippen molar-refractivity contribution in [3.63, 3.8) is 0 Å². The Morgan fingerprint density at radius 3 is 2.37 bits per heavy atom. The first-order valence-electron chi connectivity index (χ1n) is 5.45. The van der Waals surface area contributed by atoms with Gasteiger partial charge < -0.3 is 15.4 Å². The molecule has 0 aliphatic heterocycles. The zero-order valence-corrected chi connectivity index (χ0v) is 10.5. The SMILES string of the molecule is O=C(Nc1ccc(Cl)cn1)c1ccc(B(O)O)cc1. The van der Waals surface area contributed by atoms with Gasteiger partial charge in [0.25, 0.3) is 5.91 Å². The van der Waals surface area contributed by atoms with Crippen LogP contribution in [0.1, 0.15) is 10.4 Å². The first-order valence-corrected chi connectivity index (χ1v) is 5.83. The monoisotopic (exact) mass is 276 g/mol. The van der Waals surface area contributed by atoms with Gasteiger partial charge in [0.2, 0.25) is 0 Å². The molecule has 0 bridgehead atoms. The van der Waals surface area contributed by atoms with Crippen LogP contribution in [0.15, 0.2) is 42.6 Å². The Morgan fingerprint density at radius 2 is 1.84 bits per heavy atom. The number of aromatic nitrogens is 1. The van der Waals surface area contributed by atoms with Gasteiger partial charge in [-0.2, -0.15) is 0 Å². The number of carbonyl (C=O) groups excluding carboxylic acids is 1. The van der Waals surface area contributed by atoms with Crippen LogP contribution in [0.2, 0.25) is 5.02 Å². The Morgan fingerprint density at radius 1 is 1.16 bits per heavy atom. The molecule has 1 heterocycles. The summed E-state index contributed by atoms with van der Waals surface area (Å²) in [5.41, 5.74) is 0.710. The van der Waals surface area contributed by atoms with E-state index in [9.17, 15) is 4.79 Å². The molecule has 3 N–H and O–H groups in total. The van der Waals surface area contributed by atoms with E-state index < -0.39 is 7.12 Å². The van der Waals surface area contributed by atoms with Gasteiger partial charge in [-0.3, -0.25) is 4.79 Å². The lowest BCUT2D eigenvalue weighted by Crippen LogP contribution is -2.29. The van der Waals surface area contributed by atoms with E-state index in [-0.39, 0.29) is 5.91 Å². The van der Waals surface area contributed by atoms with E-state index in [1.54, 1.807) is 12.1 Å². The highest BCUT2D eigenvalue weighted by molar-refractivity contribution is 6.58. The molecule has 7 heteroatoms. The van der Waals surface area contributed by atoms with Crippen molar-refractivity contribution in [3.05, 3.63) is 53.2 Å². The van der Waals surface area contributed by atoms with E-state index in [2.05, 4.69) is 10.3 Å². The summed E-state index contributed by atoms with van der Waals surface area (Å²) in [4.78, 5) is 15.8. The second-order valence-corrected chi connectivity index (χ2v) is 4.25. The number of carbonyl (C=O) groups is 1. The van der Waals surface area contributed by atoms with E-state index in [0.29, 0.717) is 21.9 Å². The fraction of sp³-hybridized carbons (Fsp3) is 0. The summed E-state index contributed by atoms with van der Waals surface area (Å²) in [5.74, 6) is 0.0504. The quantitative estimate of drug-likeness (QED) is 0.720. The second kappa shape index (κ2) is 5.84. The van der Waals surface area contributed by atoms with Gasteiger partial charge in [-0.15, -0.1) is 0 Å². The first kappa shape index (κ1) is 13.5. The summed E-state index contributed by atoms with van der Waals surface area (Å²) in [5, 5.41) is 21.0. The number of hydrogen-bond acceptors (Lipinski definition) is 4. The van der Waals surface area contributed by atoms with E-state index in [1.807, 2.05) is 0 Å². The molecule has 0 aliphatic rings. The van der Waals surface area contributed by atoms with Crippen LogP contribution in [-0.2, 0) is 0 Å². The number of rotatable bonds is 3. The Balaban J connectivity index is 2.09. The van der Waals surface area contributed by atoms with Crippen LogP contribution in [0.5, 0.6) is 0 Å². The van der Waals surface area contributed by atoms with Crippen molar-refractivity contribution in [3.8, 4) is 0 Å². The van der Waals surface area contributed by atoms with Crippen LogP contribution in [0.3, 0.4) is 0 Å². The van der Waals surface area contributed by atoms with Crippen LogP contribution in [0.4, 0.5) is 5.82 Å². The molecule has 0 radical (unpaired) electrons. The maximum absolute atomic E-state index is 11.9. The van der Waals surface area contributed by atoms with Crippen LogP contribution in [-0.4, -0.2) is 28.1 Å². The van der Waals surface area contributed by atoms with Crippen molar-refractivity contribution < 1.29 is 14.8 Å². The summed E-state index contributed by atoms with van der Waals surface area (Å²) in [6.45, 7) is 0. The van der Waals surface area contributed by atoms with Gasteiger partial charge in [0, 0.05) is 11.8 Å². The summed E-state index contributed by atoms with van der Waals surface area (Å²) >= 11 is 5.69. The van der Waals surface area contributed by atoms with Gasteiger partial charge in [0.15, 0.2) is 0 Å². The second-order valence-electron chi connectivity index (χ2n) is 3.81. The highest BCUT2D eigenvalue weighted by Crippen LogP contribution is 2.10. The number of benzene rings is 1. The first-order chi connectivity index (χ1) is 9.06. The molecule has 0 aliphatic carbocycles. The van der Waals surface area contributed by atoms with E-state index in [1.165, 1.54) is 30.5 Å². The molecule has 96 valence electrons. The summed E-state index contributed by atoms with van der Waals surface area (Å²) in [7, 11) is -1.55. The molecule has 2 aromatic rings. The standard InChI is InChI=1S/C12H10BClN2O3/c14-10-5-6-11(15-7-10)16-12(17)8-1-3-9(4-2-8)13(18)19/h1-7,18-19H,(H,15,16,17). The van der Waals surface area contributed by atoms with Gasteiger partial charge in [-0.05, 0) is 29.7 Å². The third-order valence-electron chi connectivity index (χ3n) is 2.44. The number of nitrogens with zero attached hydrogens (tertiary/aromatic N) is 1. The van der Waals surface area contributed by atoms with Crippen LogP contribution in [0, 0.1) is 0 Å². The molecule has 0 spiro atoms.